The fraction of sp³-hybridized carbons (Fsp3) is 0.0833. The van der Waals surface area contributed by atoms with Crippen molar-refractivity contribution in [3.8, 4) is 16.5 Å². The number of nitrogens with zero attached hydrogens (tertiary/aromatic N) is 1. The van der Waals surface area contributed by atoms with Crippen LogP contribution >= 0.6 is 11.3 Å². The molecule has 0 spiro atoms. The summed E-state index contributed by atoms with van der Waals surface area (Å²) < 4.78 is 11.5. The highest BCUT2D eigenvalue weighted by Gasteiger charge is 2.09. The fourth-order valence-corrected chi connectivity index (χ4v) is 3.45. The largest absolute Gasteiger partial charge is 0.255 e. The normalized spacial score (nSPS) is 12.0. The molecule has 4 heteroatoms. The van der Waals surface area contributed by atoms with Gasteiger partial charge in [-0.15, -0.1) is 11.3 Å². The quantitative estimate of drug-likeness (QED) is 0.818. The lowest BCUT2D eigenvalue weighted by Crippen LogP contribution is -1.86. The molecular formula is C12H9NOS2. The summed E-state index contributed by atoms with van der Waals surface area (Å²) >= 11 is 1.57. The van der Waals surface area contributed by atoms with Crippen molar-refractivity contribution >= 4 is 22.1 Å². The molecule has 0 radical (unpaired) electrons. The molecule has 0 N–H and O–H groups in total. The first-order chi connectivity index (χ1) is 7.72. The minimum Gasteiger partial charge on any atom is -0.255 e. The Hall–Kier alpha value is -1.44. The Bertz CT molecular complexity index is 563. The molecule has 1 aromatic carbocycles. The van der Waals surface area contributed by atoms with Crippen LogP contribution in [0.2, 0.25) is 0 Å². The highest BCUT2D eigenvalue weighted by molar-refractivity contribution is 7.84. The molecule has 1 atom stereocenters. The summed E-state index contributed by atoms with van der Waals surface area (Å²) in [4.78, 5) is 1.88. The van der Waals surface area contributed by atoms with Gasteiger partial charge in [0.25, 0.3) is 0 Å². The Kier molecular flexibility index (Phi) is 3.18. The van der Waals surface area contributed by atoms with Gasteiger partial charge in [-0.1, -0.05) is 12.1 Å². The molecule has 0 amide bonds. The lowest BCUT2D eigenvalue weighted by molar-refractivity contribution is 0.687. The summed E-state index contributed by atoms with van der Waals surface area (Å²) in [6, 6.07) is 11.3. The van der Waals surface area contributed by atoms with Gasteiger partial charge in [0, 0.05) is 6.26 Å². The molecule has 16 heavy (non-hydrogen) atoms. The smallest absolute Gasteiger partial charge is 0.0991 e. The second-order valence-electron chi connectivity index (χ2n) is 3.26. The van der Waals surface area contributed by atoms with E-state index in [9.17, 15) is 4.21 Å². The van der Waals surface area contributed by atoms with Gasteiger partial charge in [0.05, 0.1) is 32.2 Å². The van der Waals surface area contributed by atoms with E-state index in [0.29, 0.717) is 5.56 Å². The zero-order valence-electron chi connectivity index (χ0n) is 8.64. The Morgan fingerprint density at radius 3 is 2.50 bits per heavy atom. The zero-order chi connectivity index (χ0) is 11.5. The topological polar surface area (TPSA) is 40.9 Å². The van der Waals surface area contributed by atoms with E-state index in [-0.39, 0.29) is 0 Å². The van der Waals surface area contributed by atoms with Crippen LogP contribution in [0.25, 0.3) is 10.4 Å². The molecule has 2 nitrogen and oxygen atoms in total. The molecule has 1 unspecified atom stereocenters. The number of hydrogen-bond acceptors (Lipinski definition) is 3. The van der Waals surface area contributed by atoms with Gasteiger partial charge < -0.3 is 0 Å². The first kappa shape index (κ1) is 11.1. The molecule has 80 valence electrons. The molecule has 0 saturated carbocycles. The van der Waals surface area contributed by atoms with Gasteiger partial charge in [-0.05, 0) is 29.1 Å². The minimum atomic E-state index is -0.972. The van der Waals surface area contributed by atoms with Gasteiger partial charge in [0.1, 0.15) is 0 Å². The van der Waals surface area contributed by atoms with Crippen molar-refractivity contribution in [3.05, 3.63) is 41.3 Å². The van der Waals surface area contributed by atoms with Crippen LogP contribution in [-0.4, -0.2) is 10.5 Å². The summed E-state index contributed by atoms with van der Waals surface area (Å²) in [5.74, 6) is 0. The monoisotopic (exact) mass is 247 g/mol. The van der Waals surface area contributed by atoms with Gasteiger partial charge in [0.2, 0.25) is 0 Å². The maximum atomic E-state index is 11.5. The Balaban J connectivity index is 2.47. The van der Waals surface area contributed by atoms with Gasteiger partial charge >= 0.3 is 0 Å². The Morgan fingerprint density at radius 1 is 1.25 bits per heavy atom. The predicted molar refractivity (Wildman–Crippen MR) is 66.8 cm³/mol. The Morgan fingerprint density at radius 2 is 1.94 bits per heavy atom. The third-order valence-corrected chi connectivity index (χ3v) is 4.27. The molecule has 0 aliphatic heterocycles. The number of nitriles is 1. The van der Waals surface area contributed by atoms with Crippen molar-refractivity contribution < 1.29 is 4.21 Å². The zero-order valence-corrected chi connectivity index (χ0v) is 10.3. The SMILES string of the molecule is CS(=O)c1ccsc1-c1ccc(C#N)cc1. The van der Waals surface area contributed by atoms with Crippen LogP contribution < -0.4 is 0 Å². The van der Waals surface area contributed by atoms with Crippen molar-refractivity contribution in [2.45, 2.75) is 4.90 Å². The van der Waals surface area contributed by atoms with Crippen LogP contribution in [0, 0.1) is 11.3 Å². The predicted octanol–water partition coefficient (Wildman–Crippen LogP) is 3.02. The molecule has 0 fully saturated rings. The average molecular weight is 247 g/mol. The number of hydrogen-bond donors (Lipinski definition) is 0. The van der Waals surface area contributed by atoms with E-state index in [4.69, 9.17) is 5.26 Å². The summed E-state index contributed by atoms with van der Waals surface area (Å²) in [5, 5.41) is 10.6. The van der Waals surface area contributed by atoms with Crippen LogP contribution in [0.5, 0.6) is 0 Å². The first-order valence-electron chi connectivity index (χ1n) is 4.64. The second-order valence-corrected chi connectivity index (χ2v) is 5.52. The van der Waals surface area contributed by atoms with E-state index in [1.807, 2.05) is 23.6 Å². The highest BCUT2D eigenvalue weighted by atomic mass is 32.2. The van der Waals surface area contributed by atoms with Crippen molar-refractivity contribution in [1.82, 2.24) is 0 Å². The lowest BCUT2D eigenvalue weighted by atomic mass is 10.1. The number of rotatable bonds is 2. The first-order valence-corrected chi connectivity index (χ1v) is 7.07. The van der Waals surface area contributed by atoms with E-state index >= 15 is 0 Å². The van der Waals surface area contributed by atoms with Crippen molar-refractivity contribution in [3.63, 3.8) is 0 Å². The van der Waals surface area contributed by atoms with Crippen molar-refractivity contribution in [2.75, 3.05) is 6.26 Å². The highest BCUT2D eigenvalue weighted by Crippen LogP contribution is 2.31. The minimum absolute atomic E-state index is 0.638. The van der Waals surface area contributed by atoms with Crippen molar-refractivity contribution in [2.24, 2.45) is 0 Å². The molecular weight excluding hydrogens is 238 g/mol. The average Bonchev–Trinajstić information content (AvgIpc) is 2.78. The van der Waals surface area contributed by atoms with Crippen LogP contribution in [0.3, 0.4) is 0 Å². The molecule has 1 aromatic heterocycles. The maximum Gasteiger partial charge on any atom is 0.0991 e. The fourth-order valence-electron chi connectivity index (χ4n) is 1.43. The van der Waals surface area contributed by atoms with Crippen LogP contribution in [0.1, 0.15) is 5.56 Å². The van der Waals surface area contributed by atoms with Crippen LogP contribution in [-0.2, 0) is 10.8 Å². The second kappa shape index (κ2) is 4.60. The van der Waals surface area contributed by atoms with Crippen LogP contribution in [0.15, 0.2) is 40.6 Å². The standard InChI is InChI=1S/C12H9NOS2/c1-16(14)11-6-7-15-12(11)10-4-2-9(8-13)3-5-10/h2-7H,1H3. The van der Waals surface area contributed by atoms with Gasteiger partial charge in [-0.2, -0.15) is 5.26 Å². The third-order valence-electron chi connectivity index (χ3n) is 2.21. The van der Waals surface area contributed by atoms with E-state index in [1.165, 1.54) is 0 Å². The Labute approximate surface area is 101 Å². The van der Waals surface area contributed by atoms with E-state index in [2.05, 4.69) is 6.07 Å². The molecule has 0 aliphatic carbocycles. The molecule has 1 heterocycles. The van der Waals surface area contributed by atoms with E-state index in [1.54, 1.807) is 29.7 Å². The number of thiophene rings is 1. The number of benzene rings is 1. The van der Waals surface area contributed by atoms with E-state index in [0.717, 1.165) is 15.3 Å². The molecule has 0 aliphatic rings. The van der Waals surface area contributed by atoms with Crippen LogP contribution in [0.4, 0.5) is 0 Å². The summed E-state index contributed by atoms with van der Waals surface area (Å²) in [6.07, 6.45) is 1.68. The molecule has 0 saturated heterocycles. The van der Waals surface area contributed by atoms with Gasteiger partial charge in [-0.3, -0.25) is 4.21 Å². The summed E-state index contributed by atoms with van der Waals surface area (Å²) in [5.41, 5.74) is 1.65. The maximum absolute atomic E-state index is 11.5. The lowest BCUT2D eigenvalue weighted by Gasteiger charge is -2.01. The van der Waals surface area contributed by atoms with E-state index < -0.39 is 10.8 Å². The van der Waals surface area contributed by atoms with Gasteiger partial charge in [0.15, 0.2) is 0 Å². The molecule has 0 bridgehead atoms. The molecule has 2 rings (SSSR count). The third kappa shape index (κ3) is 2.06. The van der Waals surface area contributed by atoms with Gasteiger partial charge in [-0.25, -0.2) is 0 Å². The summed E-state index contributed by atoms with van der Waals surface area (Å²) in [6.45, 7) is 0. The van der Waals surface area contributed by atoms with Crippen molar-refractivity contribution in [1.29, 1.82) is 5.26 Å². The summed E-state index contributed by atoms with van der Waals surface area (Å²) in [7, 11) is -0.972. The molecule has 2 aromatic rings.